The van der Waals surface area contributed by atoms with Gasteiger partial charge in [-0.3, -0.25) is 9.59 Å². The second kappa shape index (κ2) is 8.28. The molecule has 0 saturated carbocycles. The molecule has 0 aliphatic carbocycles. The van der Waals surface area contributed by atoms with Gasteiger partial charge in [0.15, 0.2) is 5.78 Å². The molecule has 1 aliphatic rings. The SMILES string of the molecule is CC(=O)/C(N)=C/N(N)C(C(=O)N1CCCC1c1nc2ccccc2s1)C(C)C. The van der Waals surface area contributed by atoms with E-state index in [1.54, 1.807) is 11.3 Å². The molecule has 2 unspecified atom stereocenters. The molecule has 3 rings (SSSR count). The van der Waals surface area contributed by atoms with Crippen LogP contribution in [0.1, 0.15) is 44.7 Å². The molecule has 150 valence electrons. The molecule has 0 spiro atoms. The molecule has 4 N–H and O–H groups in total. The Bertz CT molecular complexity index is 874. The summed E-state index contributed by atoms with van der Waals surface area (Å²) in [5, 5.41) is 2.23. The number of para-hydroxylation sites is 1. The number of thiazole rings is 1. The van der Waals surface area contributed by atoms with Gasteiger partial charge in [-0.15, -0.1) is 11.3 Å². The first-order valence-corrected chi connectivity index (χ1v) is 10.3. The lowest BCUT2D eigenvalue weighted by molar-refractivity contribution is -0.138. The molecule has 1 aliphatic heterocycles. The quantitative estimate of drug-likeness (QED) is 0.438. The first kappa shape index (κ1) is 20.3. The van der Waals surface area contributed by atoms with Gasteiger partial charge in [-0.05, 0) is 30.9 Å². The van der Waals surface area contributed by atoms with E-state index >= 15 is 0 Å². The second-order valence-corrected chi connectivity index (χ2v) is 8.55. The van der Waals surface area contributed by atoms with E-state index in [1.165, 1.54) is 18.1 Å². The molecule has 28 heavy (non-hydrogen) atoms. The third-order valence-corrected chi connectivity index (χ3v) is 6.17. The van der Waals surface area contributed by atoms with Crippen LogP contribution in [0.5, 0.6) is 0 Å². The number of rotatable bonds is 6. The largest absolute Gasteiger partial charge is 0.395 e. The van der Waals surface area contributed by atoms with E-state index in [-0.39, 0.29) is 29.3 Å². The van der Waals surface area contributed by atoms with E-state index in [0.29, 0.717) is 6.54 Å². The van der Waals surface area contributed by atoms with Crippen molar-refractivity contribution >= 4 is 33.2 Å². The highest BCUT2D eigenvalue weighted by Crippen LogP contribution is 2.37. The monoisotopic (exact) mass is 401 g/mol. The van der Waals surface area contributed by atoms with Crippen LogP contribution in [0.3, 0.4) is 0 Å². The van der Waals surface area contributed by atoms with Crippen molar-refractivity contribution in [1.29, 1.82) is 0 Å². The highest BCUT2D eigenvalue weighted by atomic mass is 32.1. The van der Waals surface area contributed by atoms with Crippen LogP contribution in [0.25, 0.3) is 10.2 Å². The lowest BCUT2D eigenvalue weighted by Crippen LogP contribution is -2.52. The molecule has 1 aromatic carbocycles. The number of carbonyl (C=O) groups is 2. The second-order valence-electron chi connectivity index (χ2n) is 7.49. The Labute approximate surface area is 169 Å². The number of nitrogens with two attached hydrogens (primary N) is 2. The van der Waals surface area contributed by atoms with Crippen molar-refractivity contribution in [3.8, 4) is 0 Å². The van der Waals surface area contributed by atoms with E-state index in [9.17, 15) is 9.59 Å². The molecule has 2 atom stereocenters. The molecule has 1 aromatic heterocycles. The maximum Gasteiger partial charge on any atom is 0.247 e. The Kier molecular flexibility index (Phi) is 6.00. The van der Waals surface area contributed by atoms with Gasteiger partial charge in [-0.1, -0.05) is 26.0 Å². The number of likely N-dealkylation sites (tertiary alicyclic amines) is 1. The summed E-state index contributed by atoms with van der Waals surface area (Å²) in [6.45, 7) is 5.91. The van der Waals surface area contributed by atoms with Crippen LogP contribution in [-0.4, -0.2) is 39.2 Å². The van der Waals surface area contributed by atoms with Gasteiger partial charge < -0.3 is 15.6 Å². The average molecular weight is 402 g/mol. The summed E-state index contributed by atoms with van der Waals surface area (Å²) in [5.74, 6) is 5.74. The molecule has 0 bridgehead atoms. The number of carbonyl (C=O) groups excluding carboxylic acids is 2. The zero-order chi connectivity index (χ0) is 20.4. The summed E-state index contributed by atoms with van der Waals surface area (Å²) >= 11 is 1.63. The minimum Gasteiger partial charge on any atom is -0.395 e. The van der Waals surface area contributed by atoms with Gasteiger partial charge in [0, 0.05) is 19.7 Å². The van der Waals surface area contributed by atoms with Crippen LogP contribution < -0.4 is 11.6 Å². The van der Waals surface area contributed by atoms with E-state index in [0.717, 1.165) is 28.1 Å². The van der Waals surface area contributed by atoms with Crippen molar-refractivity contribution in [3.63, 3.8) is 0 Å². The average Bonchev–Trinajstić information content (AvgIpc) is 3.27. The van der Waals surface area contributed by atoms with Gasteiger partial charge in [-0.2, -0.15) is 0 Å². The fourth-order valence-electron chi connectivity index (χ4n) is 3.58. The Morgan fingerprint density at radius 1 is 1.36 bits per heavy atom. The number of aromatic nitrogens is 1. The summed E-state index contributed by atoms with van der Waals surface area (Å²) in [7, 11) is 0. The smallest absolute Gasteiger partial charge is 0.247 e. The standard InChI is InChI=1S/C20H27N5O2S/c1-12(2)18(25(22)11-14(21)13(3)26)20(27)24-10-6-8-16(24)19-23-15-7-4-5-9-17(15)28-19/h4-5,7,9,11-12,16,18H,6,8,10,21-22H2,1-3H3/b14-11-. The predicted octanol–water partition coefficient (Wildman–Crippen LogP) is 2.55. The van der Waals surface area contributed by atoms with E-state index in [2.05, 4.69) is 0 Å². The van der Waals surface area contributed by atoms with Crippen molar-refractivity contribution in [2.75, 3.05) is 6.54 Å². The number of amides is 1. The fraction of sp³-hybridized carbons (Fsp3) is 0.450. The topological polar surface area (TPSA) is 106 Å². The third kappa shape index (κ3) is 4.02. The van der Waals surface area contributed by atoms with Gasteiger partial charge in [-0.25, -0.2) is 10.8 Å². The molecule has 8 heteroatoms. The van der Waals surface area contributed by atoms with Crippen molar-refractivity contribution in [1.82, 2.24) is 14.9 Å². The minimum atomic E-state index is -0.604. The highest BCUT2D eigenvalue weighted by molar-refractivity contribution is 7.18. The Hall–Kier alpha value is -2.45. The van der Waals surface area contributed by atoms with Gasteiger partial charge in [0.1, 0.15) is 11.0 Å². The highest BCUT2D eigenvalue weighted by Gasteiger charge is 2.38. The summed E-state index contributed by atoms with van der Waals surface area (Å²) < 4.78 is 1.12. The first-order chi connectivity index (χ1) is 13.3. The van der Waals surface area contributed by atoms with Gasteiger partial charge in [0.25, 0.3) is 0 Å². The molecular weight excluding hydrogens is 374 g/mol. The number of hydrogen-bond donors (Lipinski definition) is 2. The number of allylic oxidation sites excluding steroid dienone is 1. The number of hydrazine groups is 1. The molecule has 2 aromatic rings. The van der Waals surface area contributed by atoms with Crippen molar-refractivity contribution in [3.05, 3.63) is 41.2 Å². The summed E-state index contributed by atoms with van der Waals surface area (Å²) in [6, 6.07) is 7.35. The summed E-state index contributed by atoms with van der Waals surface area (Å²) in [6.07, 6.45) is 3.16. The third-order valence-electron chi connectivity index (χ3n) is 5.03. The van der Waals surface area contributed by atoms with Crippen LogP contribution >= 0.6 is 11.3 Å². The predicted molar refractivity (Wildman–Crippen MR) is 111 cm³/mol. The zero-order valence-corrected chi connectivity index (χ0v) is 17.3. The lowest BCUT2D eigenvalue weighted by atomic mass is 10.0. The van der Waals surface area contributed by atoms with Gasteiger partial charge in [0.2, 0.25) is 5.91 Å². The summed E-state index contributed by atoms with van der Waals surface area (Å²) in [4.78, 5) is 31.5. The summed E-state index contributed by atoms with van der Waals surface area (Å²) in [5.41, 5.74) is 6.72. The van der Waals surface area contributed by atoms with Crippen LogP contribution in [0, 0.1) is 5.92 Å². The maximum atomic E-state index is 13.4. The van der Waals surface area contributed by atoms with E-state index < -0.39 is 6.04 Å². The van der Waals surface area contributed by atoms with E-state index in [1.807, 2.05) is 43.0 Å². The van der Waals surface area contributed by atoms with Gasteiger partial charge >= 0.3 is 0 Å². The number of ketones is 1. The molecule has 2 heterocycles. The number of nitrogens with zero attached hydrogens (tertiary/aromatic N) is 3. The Morgan fingerprint density at radius 2 is 2.07 bits per heavy atom. The zero-order valence-electron chi connectivity index (χ0n) is 16.5. The van der Waals surface area contributed by atoms with Crippen LogP contribution in [0.4, 0.5) is 0 Å². The Morgan fingerprint density at radius 3 is 2.71 bits per heavy atom. The molecule has 1 fully saturated rings. The molecule has 7 nitrogen and oxygen atoms in total. The van der Waals surface area contributed by atoms with Crippen molar-refractivity contribution < 1.29 is 9.59 Å². The fourth-order valence-corrected chi connectivity index (χ4v) is 4.69. The van der Waals surface area contributed by atoms with Crippen LogP contribution in [0.15, 0.2) is 36.2 Å². The molecule has 1 amide bonds. The van der Waals surface area contributed by atoms with Crippen molar-refractivity contribution in [2.24, 2.45) is 17.5 Å². The number of fused-ring (bicyclic) bond motifs is 1. The molecule has 0 radical (unpaired) electrons. The normalized spacial score (nSPS) is 18.7. The maximum absolute atomic E-state index is 13.4. The number of benzene rings is 1. The van der Waals surface area contributed by atoms with Gasteiger partial charge in [0.05, 0.1) is 22.0 Å². The van der Waals surface area contributed by atoms with Crippen LogP contribution in [-0.2, 0) is 9.59 Å². The van der Waals surface area contributed by atoms with E-state index in [4.69, 9.17) is 16.6 Å². The van der Waals surface area contributed by atoms with Crippen LogP contribution in [0.2, 0.25) is 0 Å². The molecule has 1 saturated heterocycles. The Balaban J connectivity index is 1.87. The molecular formula is C20H27N5O2S. The minimum absolute atomic E-state index is 0.0325. The number of hydrogen-bond acceptors (Lipinski definition) is 7. The number of Topliss-reactive ketones (excluding diaryl/α,β-unsaturated/α-hetero) is 1. The van der Waals surface area contributed by atoms with Crippen molar-refractivity contribution in [2.45, 2.75) is 45.7 Å². The first-order valence-electron chi connectivity index (χ1n) is 9.46. The lowest BCUT2D eigenvalue weighted by Gasteiger charge is -2.34.